The molecule has 0 saturated heterocycles. The van der Waals surface area contributed by atoms with Crippen molar-refractivity contribution in [1.82, 2.24) is 4.98 Å². The number of halogens is 1. The van der Waals surface area contributed by atoms with Crippen LogP contribution >= 0.6 is 10.7 Å². The van der Waals surface area contributed by atoms with Gasteiger partial charge in [-0.2, -0.15) is 0 Å². The van der Waals surface area contributed by atoms with E-state index in [1.165, 1.54) is 12.6 Å². The van der Waals surface area contributed by atoms with E-state index in [0.717, 1.165) is 0 Å². The van der Waals surface area contributed by atoms with Gasteiger partial charge in [0.15, 0.2) is 6.39 Å². The van der Waals surface area contributed by atoms with E-state index >= 15 is 0 Å². The van der Waals surface area contributed by atoms with Crippen LogP contribution in [0.15, 0.2) is 17.0 Å². The predicted octanol–water partition coefficient (Wildman–Crippen LogP) is 0.786. The first kappa shape index (κ1) is 8.55. The van der Waals surface area contributed by atoms with Crippen molar-refractivity contribution in [3.63, 3.8) is 0 Å². The largest absolute Gasteiger partial charge is 0.448 e. The fourth-order valence-corrected chi connectivity index (χ4v) is 1.26. The second kappa shape index (κ2) is 3.23. The fourth-order valence-electron chi connectivity index (χ4n) is 0.588. The minimum Gasteiger partial charge on any atom is -0.448 e. The third kappa shape index (κ3) is 3.38. The second-order valence-electron chi connectivity index (χ2n) is 1.96. The Hall–Kier alpha value is -0.550. The minimum atomic E-state index is -3.42. The Kier molecular flexibility index (Phi) is 2.51. The molecule has 1 heterocycles. The summed E-state index contributed by atoms with van der Waals surface area (Å²) in [6, 6.07) is 0. The van der Waals surface area contributed by atoms with E-state index in [1.807, 2.05) is 0 Å². The van der Waals surface area contributed by atoms with Crippen LogP contribution in [0, 0.1) is 0 Å². The molecule has 1 aromatic heterocycles. The molecule has 0 aromatic carbocycles. The highest BCUT2D eigenvalue weighted by Crippen LogP contribution is 2.03. The molecule has 0 fully saturated rings. The van der Waals surface area contributed by atoms with Gasteiger partial charge >= 0.3 is 0 Å². The molecule has 0 spiro atoms. The molecule has 0 bridgehead atoms. The van der Waals surface area contributed by atoms with E-state index in [0.29, 0.717) is 5.76 Å². The lowest BCUT2D eigenvalue weighted by Crippen LogP contribution is -1.99. The van der Waals surface area contributed by atoms with Gasteiger partial charge in [-0.1, -0.05) is 0 Å². The maximum atomic E-state index is 10.4. The molecule has 6 heteroatoms. The first-order valence-electron chi connectivity index (χ1n) is 2.87. The Bertz CT molecular complexity index is 304. The maximum absolute atomic E-state index is 10.4. The van der Waals surface area contributed by atoms with Crippen LogP contribution in [0.2, 0.25) is 0 Å². The summed E-state index contributed by atoms with van der Waals surface area (Å²) >= 11 is 0. The Balaban J connectivity index is 2.48. The molecule has 0 aliphatic heterocycles. The normalized spacial score (nSPS) is 11.7. The van der Waals surface area contributed by atoms with Gasteiger partial charge in [-0.05, 0) is 0 Å². The highest BCUT2D eigenvalue weighted by molar-refractivity contribution is 8.13. The molecule has 62 valence electrons. The third-order valence-corrected chi connectivity index (χ3v) is 2.23. The van der Waals surface area contributed by atoms with Gasteiger partial charge in [0.25, 0.3) is 0 Å². The van der Waals surface area contributed by atoms with Crippen LogP contribution in [-0.2, 0) is 15.5 Å². The van der Waals surface area contributed by atoms with Crippen molar-refractivity contribution in [2.24, 2.45) is 0 Å². The molecule has 0 amide bonds. The van der Waals surface area contributed by atoms with Crippen LogP contribution in [-0.4, -0.2) is 19.2 Å². The number of oxazole rings is 1. The summed E-state index contributed by atoms with van der Waals surface area (Å²) < 4.78 is 25.7. The molecule has 1 aromatic rings. The number of hydrogen-bond donors (Lipinski definition) is 0. The number of rotatable bonds is 3. The molecule has 0 N–H and O–H groups in total. The minimum absolute atomic E-state index is 0.121. The molecule has 0 radical (unpaired) electrons. The van der Waals surface area contributed by atoms with Crippen molar-refractivity contribution in [3.8, 4) is 0 Å². The van der Waals surface area contributed by atoms with Crippen molar-refractivity contribution in [2.75, 3.05) is 5.75 Å². The molecule has 0 unspecified atom stereocenters. The van der Waals surface area contributed by atoms with Crippen molar-refractivity contribution in [1.29, 1.82) is 0 Å². The summed E-state index contributed by atoms with van der Waals surface area (Å²) in [5.74, 6) is 0.401. The van der Waals surface area contributed by atoms with Gasteiger partial charge in [-0.25, -0.2) is 13.4 Å². The molecule has 0 aliphatic carbocycles. The van der Waals surface area contributed by atoms with Crippen LogP contribution in [0.25, 0.3) is 0 Å². The summed E-state index contributed by atoms with van der Waals surface area (Å²) in [5.41, 5.74) is 0. The van der Waals surface area contributed by atoms with Crippen molar-refractivity contribution < 1.29 is 12.8 Å². The number of nitrogens with zero attached hydrogens (tertiary/aromatic N) is 1. The molecule has 0 saturated carbocycles. The second-order valence-corrected chi connectivity index (χ2v) is 4.86. The van der Waals surface area contributed by atoms with Crippen molar-refractivity contribution >= 4 is 19.7 Å². The molecule has 0 atom stereocenters. The number of aromatic nitrogens is 1. The summed E-state index contributed by atoms with van der Waals surface area (Å²) in [4.78, 5) is 3.62. The first-order valence-corrected chi connectivity index (χ1v) is 5.35. The van der Waals surface area contributed by atoms with Gasteiger partial charge in [-0.15, -0.1) is 0 Å². The highest BCUT2D eigenvalue weighted by atomic mass is 35.7. The molecular formula is C5H6ClNO3S. The number of hydrogen-bond acceptors (Lipinski definition) is 4. The lowest BCUT2D eigenvalue weighted by atomic mass is 10.4. The van der Waals surface area contributed by atoms with Crippen LogP contribution in [0.1, 0.15) is 5.76 Å². The zero-order chi connectivity index (χ0) is 8.32. The van der Waals surface area contributed by atoms with Crippen LogP contribution in [0.3, 0.4) is 0 Å². The smallest absolute Gasteiger partial charge is 0.233 e. The van der Waals surface area contributed by atoms with Gasteiger partial charge in [0.05, 0.1) is 11.9 Å². The Morgan fingerprint density at radius 2 is 2.36 bits per heavy atom. The SMILES string of the molecule is O=S(=O)(Cl)CCc1cnco1. The quantitative estimate of drug-likeness (QED) is 0.669. The lowest BCUT2D eigenvalue weighted by molar-refractivity contribution is 0.508. The zero-order valence-corrected chi connectivity index (χ0v) is 7.10. The van der Waals surface area contributed by atoms with E-state index < -0.39 is 9.05 Å². The van der Waals surface area contributed by atoms with Gasteiger partial charge in [-0.3, -0.25) is 0 Å². The molecule has 11 heavy (non-hydrogen) atoms. The van der Waals surface area contributed by atoms with Gasteiger partial charge in [0, 0.05) is 17.1 Å². The van der Waals surface area contributed by atoms with Crippen LogP contribution in [0.5, 0.6) is 0 Å². The Morgan fingerprint density at radius 3 is 2.82 bits per heavy atom. The molecule has 4 nitrogen and oxygen atoms in total. The van der Waals surface area contributed by atoms with Crippen LogP contribution < -0.4 is 0 Å². The van der Waals surface area contributed by atoms with E-state index in [-0.39, 0.29) is 12.2 Å². The van der Waals surface area contributed by atoms with E-state index in [4.69, 9.17) is 15.1 Å². The van der Waals surface area contributed by atoms with Crippen molar-refractivity contribution in [3.05, 3.63) is 18.4 Å². The van der Waals surface area contributed by atoms with E-state index in [2.05, 4.69) is 4.98 Å². The fraction of sp³-hybridized carbons (Fsp3) is 0.400. The molecule has 1 rings (SSSR count). The summed E-state index contributed by atoms with van der Waals surface area (Å²) in [6.07, 6.45) is 2.98. The molecular weight excluding hydrogens is 190 g/mol. The Labute approximate surface area is 68.6 Å². The summed E-state index contributed by atoms with van der Waals surface area (Å²) in [5, 5.41) is 0. The van der Waals surface area contributed by atoms with Gasteiger partial charge < -0.3 is 4.42 Å². The maximum Gasteiger partial charge on any atom is 0.233 e. The van der Waals surface area contributed by atoms with Gasteiger partial charge in [0.1, 0.15) is 5.76 Å². The number of aryl methyl sites for hydroxylation is 1. The summed E-state index contributed by atoms with van der Waals surface area (Å²) in [6.45, 7) is 0. The average molecular weight is 196 g/mol. The zero-order valence-electron chi connectivity index (χ0n) is 5.53. The first-order chi connectivity index (χ1) is 5.08. The van der Waals surface area contributed by atoms with Crippen LogP contribution in [0.4, 0.5) is 0 Å². The van der Waals surface area contributed by atoms with E-state index in [9.17, 15) is 8.42 Å². The summed E-state index contributed by atoms with van der Waals surface area (Å²) in [7, 11) is 1.54. The third-order valence-electron chi connectivity index (χ3n) is 1.08. The highest BCUT2D eigenvalue weighted by Gasteiger charge is 2.06. The Morgan fingerprint density at radius 1 is 1.64 bits per heavy atom. The van der Waals surface area contributed by atoms with E-state index in [1.54, 1.807) is 0 Å². The van der Waals surface area contributed by atoms with Gasteiger partial charge in [0.2, 0.25) is 9.05 Å². The monoisotopic (exact) mass is 195 g/mol. The average Bonchev–Trinajstić information content (AvgIpc) is 2.32. The predicted molar refractivity (Wildman–Crippen MR) is 39.8 cm³/mol. The lowest BCUT2D eigenvalue weighted by Gasteiger charge is -1.90. The molecule has 0 aliphatic rings. The van der Waals surface area contributed by atoms with Crippen molar-refractivity contribution in [2.45, 2.75) is 6.42 Å². The topological polar surface area (TPSA) is 60.2 Å². The standard InChI is InChI=1S/C5H6ClNO3S/c6-11(8,9)2-1-5-3-7-4-10-5/h3-4H,1-2H2.